The van der Waals surface area contributed by atoms with E-state index in [1.54, 1.807) is 18.2 Å². The van der Waals surface area contributed by atoms with Crippen molar-refractivity contribution < 1.29 is 4.79 Å². The number of nitrogens with one attached hydrogen (secondary N) is 1. The lowest BCUT2D eigenvalue weighted by Crippen LogP contribution is -2.35. The summed E-state index contributed by atoms with van der Waals surface area (Å²) in [6, 6.07) is 5.57. The fourth-order valence-electron chi connectivity index (χ4n) is 2.04. The van der Waals surface area contributed by atoms with Gasteiger partial charge in [-0.05, 0) is 38.1 Å². The predicted octanol–water partition coefficient (Wildman–Crippen LogP) is 3.37. The molecule has 0 saturated heterocycles. The van der Waals surface area contributed by atoms with Gasteiger partial charge in [-0.2, -0.15) is 0 Å². The van der Waals surface area contributed by atoms with Crippen molar-refractivity contribution in [1.29, 1.82) is 0 Å². The molecule has 1 amide bonds. The quantitative estimate of drug-likeness (QED) is 0.759. The molecule has 0 radical (unpaired) electrons. The van der Waals surface area contributed by atoms with Crippen LogP contribution in [0.1, 0.15) is 33.6 Å². The zero-order chi connectivity index (χ0) is 15.1. The number of benzene rings is 1. The van der Waals surface area contributed by atoms with E-state index in [4.69, 9.17) is 17.3 Å². The van der Waals surface area contributed by atoms with Crippen LogP contribution in [0, 0.1) is 0 Å². The highest BCUT2D eigenvalue weighted by Crippen LogP contribution is 2.24. The van der Waals surface area contributed by atoms with Gasteiger partial charge in [0.1, 0.15) is 0 Å². The molecule has 1 aromatic carbocycles. The SMILES string of the molecule is CCC(C)N(CC)CCC(=O)Nc1ccc(N)cc1Cl. The summed E-state index contributed by atoms with van der Waals surface area (Å²) in [4.78, 5) is 14.2. The van der Waals surface area contributed by atoms with Crippen molar-refractivity contribution in [2.75, 3.05) is 24.1 Å². The average Bonchev–Trinajstić information content (AvgIpc) is 2.42. The number of nitrogens with zero attached hydrogens (tertiary/aromatic N) is 1. The van der Waals surface area contributed by atoms with Crippen molar-refractivity contribution in [2.24, 2.45) is 0 Å². The maximum Gasteiger partial charge on any atom is 0.225 e. The first-order valence-corrected chi connectivity index (χ1v) is 7.44. The van der Waals surface area contributed by atoms with Crippen LogP contribution in [0.4, 0.5) is 11.4 Å². The number of nitrogens with two attached hydrogens (primary N) is 1. The first-order chi connectivity index (χ1) is 9.47. The number of amides is 1. The molecule has 1 atom stereocenters. The molecule has 0 saturated carbocycles. The Kier molecular flexibility index (Phi) is 6.82. The van der Waals surface area contributed by atoms with Crippen LogP contribution < -0.4 is 11.1 Å². The second kappa shape index (κ2) is 8.12. The fourth-order valence-corrected chi connectivity index (χ4v) is 2.28. The summed E-state index contributed by atoms with van der Waals surface area (Å²) < 4.78 is 0. The van der Waals surface area contributed by atoms with Gasteiger partial charge in [0, 0.05) is 24.7 Å². The minimum absolute atomic E-state index is 0.0292. The van der Waals surface area contributed by atoms with Gasteiger partial charge in [0.05, 0.1) is 10.7 Å². The lowest BCUT2D eigenvalue weighted by atomic mass is 10.2. The first kappa shape index (κ1) is 16.8. The van der Waals surface area contributed by atoms with Crippen LogP contribution in [0.2, 0.25) is 5.02 Å². The highest BCUT2D eigenvalue weighted by molar-refractivity contribution is 6.34. The van der Waals surface area contributed by atoms with Crippen LogP contribution in [0.15, 0.2) is 18.2 Å². The van der Waals surface area contributed by atoms with Gasteiger partial charge in [0.25, 0.3) is 0 Å². The Morgan fingerprint density at radius 3 is 2.70 bits per heavy atom. The third kappa shape index (κ3) is 5.02. The summed E-state index contributed by atoms with van der Waals surface area (Å²) in [5.41, 5.74) is 6.81. The average molecular weight is 298 g/mol. The van der Waals surface area contributed by atoms with Crippen molar-refractivity contribution >= 4 is 28.9 Å². The van der Waals surface area contributed by atoms with Gasteiger partial charge in [-0.1, -0.05) is 25.4 Å². The largest absolute Gasteiger partial charge is 0.399 e. The summed E-state index contributed by atoms with van der Waals surface area (Å²) in [5, 5.41) is 3.29. The molecule has 1 rings (SSSR count). The van der Waals surface area contributed by atoms with Crippen molar-refractivity contribution in [3.8, 4) is 0 Å². The number of carbonyl (C=O) groups is 1. The fraction of sp³-hybridized carbons (Fsp3) is 0.533. The highest BCUT2D eigenvalue weighted by atomic mass is 35.5. The van der Waals surface area contributed by atoms with Crippen molar-refractivity contribution in [1.82, 2.24) is 4.90 Å². The third-order valence-corrected chi connectivity index (χ3v) is 3.83. The van der Waals surface area contributed by atoms with E-state index in [-0.39, 0.29) is 5.91 Å². The molecule has 0 spiro atoms. The molecular weight excluding hydrogens is 274 g/mol. The second-order valence-electron chi connectivity index (χ2n) is 4.92. The van der Waals surface area contributed by atoms with Gasteiger partial charge < -0.3 is 16.0 Å². The van der Waals surface area contributed by atoms with E-state index in [1.807, 2.05) is 0 Å². The van der Waals surface area contributed by atoms with Crippen molar-refractivity contribution in [3.63, 3.8) is 0 Å². The van der Waals surface area contributed by atoms with Gasteiger partial charge in [0.15, 0.2) is 0 Å². The van der Waals surface area contributed by atoms with E-state index in [0.29, 0.717) is 28.9 Å². The third-order valence-electron chi connectivity index (χ3n) is 3.51. The second-order valence-corrected chi connectivity index (χ2v) is 5.33. The lowest BCUT2D eigenvalue weighted by molar-refractivity contribution is -0.116. The molecule has 1 unspecified atom stereocenters. The van der Waals surface area contributed by atoms with Gasteiger partial charge >= 0.3 is 0 Å². The molecule has 0 aliphatic carbocycles. The zero-order valence-corrected chi connectivity index (χ0v) is 13.2. The van der Waals surface area contributed by atoms with E-state index in [1.165, 1.54) is 0 Å². The van der Waals surface area contributed by atoms with Gasteiger partial charge in [0.2, 0.25) is 5.91 Å². The molecule has 112 valence electrons. The topological polar surface area (TPSA) is 58.4 Å². The number of nitrogen functional groups attached to an aromatic ring is 1. The molecular formula is C15H24ClN3O. The molecule has 3 N–H and O–H groups in total. The molecule has 0 heterocycles. The molecule has 0 aliphatic heterocycles. The predicted molar refractivity (Wildman–Crippen MR) is 86.1 cm³/mol. The van der Waals surface area contributed by atoms with Crippen molar-refractivity contribution in [3.05, 3.63) is 23.2 Å². The molecule has 4 nitrogen and oxygen atoms in total. The summed E-state index contributed by atoms with van der Waals surface area (Å²) in [6.07, 6.45) is 1.54. The summed E-state index contributed by atoms with van der Waals surface area (Å²) in [5.74, 6) is -0.0292. The molecule has 0 bridgehead atoms. The molecule has 1 aromatic rings. The summed E-state index contributed by atoms with van der Waals surface area (Å²) in [6.45, 7) is 8.15. The maximum atomic E-state index is 12.0. The maximum absolute atomic E-state index is 12.0. The number of hydrogen-bond acceptors (Lipinski definition) is 3. The van der Waals surface area contributed by atoms with Gasteiger partial charge in [-0.25, -0.2) is 0 Å². The van der Waals surface area contributed by atoms with E-state index in [9.17, 15) is 4.79 Å². The first-order valence-electron chi connectivity index (χ1n) is 7.06. The van der Waals surface area contributed by atoms with Crippen molar-refractivity contribution in [2.45, 2.75) is 39.7 Å². The van der Waals surface area contributed by atoms with Crippen LogP contribution in [0.5, 0.6) is 0 Å². The number of halogens is 1. The van der Waals surface area contributed by atoms with Crippen LogP contribution in [0.25, 0.3) is 0 Å². The van der Waals surface area contributed by atoms with Gasteiger partial charge in [-0.3, -0.25) is 4.79 Å². The Labute approximate surface area is 126 Å². The van der Waals surface area contributed by atoms with E-state index in [2.05, 4.69) is 31.0 Å². The Morgan fingerprint density at radius 2 is 2.15 bits per heavy atom. The Balaban J connectivity index is 2.51. The molecule has 20 heavy (non-hydrogen) atoms. The Morgan fingerprint density at radius 1 is 1.45 bits per heavy atom. The minimum Gasteiger partial charge on any atom is -0.399 e. The van der Waals surface area contributed by atoms with Crippen LogP contribution in [-0.4, -0.2) is 29.9 Å². The van der Waals surface area contributed by atoms with E-state index < -0.39 is 0 Å². The minimum atomic E-state index is -0.0292. The standard InChI is InChI=1S/C15H24ClN3O/c1-4-11(3)19(5-2)9-8-15(20)18-14-7-6-12(17)10-13(14)16/h6-7,10-11H,4-5,8-9,17H2,1-3H3,(H,18,20). The normalized spacial score (nSPS) is 12.4. The lowest BCUT2D eigenvalue weighted by Gasteiger charge is -2.26. The van der Waals surface area contributed by atoms with Gasteiger partial charge in [-0.15, -0.1) is 0 Å². The number of anilines is 2. The Hall–Kier alpha value is -1.26. The number of hydrogen-bond donors (Lipinski definition) is 2. The number of carbonyl (C=O) groups excluding carboxylic acids is 1. The molecule has 0 aliphatic rings. The van der Waals surface area contributed by atoms with Crippen LogP contribution in [0.3, 0.4) is 0 Å². The Bertz CT molecular complexity index is 451. The van der Waals surface area contributed by atoms with E-state index in [0.717, 1.165) is 19.5 Å². The highest BCUT2D eigenvalue weighted by Gasteiger charge is 2.12. The molecule has 0 aromatic heterocycles. The smallest absolute Gasteiger partial charge is 0.225 e. The molecule has 5 heteroatoms. The monoisotopic (exact) mass is 297 g/mol. The van der Waals surface area contributed by atoms with Crippen LogP contribution >= 0.6 is 11.6 Å². The molecule has 0 fully saturated rings. The summed E-state index contributed by atoms with van der Waals surface area (Å²) in [7, 11) is 0. The van der Waals surface area contributed by atoms with E-state index >= 15 is 0 Å². The number of rotatable bonds is 7. The zero-order valence-electron chi connectivity index (χ0n) is 12.4. The summed E-state index contributed by atoms with van der Waals surface area (Å²) >= 11 is 6.03. The van der Waals surface area contributed by atoms with Crippen LogP contribution in [-0.2, 0) is 4.79 Å².